The van der Waals surface area contributed by atoms with Crippen molar-refractivity contribution in [3.63, 3.8) is 0 Å². The molecule has 0 atom stereocenters. The molecule has 0 saturated heterocycles. The largest absolute Gasteiger partial charge is 0.277 e. The zero-order valence-electron chi connectivity index (χ0n) is 21.6. The van der Waals surface area contributed by atoms with Gasteiger partial charge in [-0.05, 0) is 85.3 Å². The molecule has 4 amide bonds. The first kappa shape index (κ1) is 23.7. The number of carbonyl (C=O) groups excluding carboxylic acids is 4. The maximum Gasteiger partial charge on any atom is 0.266 e. The average molecular weight is 481 g/mol. The van der Waals surface area contributed by atoms with Gasteiger partial charge in [-0.15, -0.1) is 0 Å². The molecule has 6 nitrogen and oxygen atoms in total. The molecule has 0 aliphatic carbocycles. The van der Waals surface area contributed by atoms with Gasteiger partial charge in [0.1, 0.15) is 0 Å². The van der Waals surface area contributed by atoms with Crippen LogP contribution in [0.5, 0.6) is 0 Å². The summed E-state index contributed by atoms with van der Waals surface area (Å²) in [5, 5.41) is 0. The van der Waals surface area contributed by atoms with Gasteiger partial charge in [0.2, 0.25) is 0 Å². The molecule has 36 heavy (non-hydrogen) atoms. The highest BCUT2D eigenvalue weighted by atomic mass is 16.2. The summed E-state index contributed by atoms with van der Waals surface area (Å²) < 4.78 is 0. The second-order valence-corrected chi connectivity index (χ2v) is 10.4. The van der Waals surface area contributed by atoms with Crippen LogP contribution in [0.3, 0.4) is 0 Å². The fraction of sp³-hybridized carbons (Fsp3) is 0.267. The number of hydrogen-bond acceptors (Lipinski definition) is 4. The number of fused-ring (bicyclic) bond motifs is 2. The van der Waals surface area contributed by atoms with Crippen molar-refractivity contribution in [3.05, 3.63) is 98.1 Å². The normalized spacial score (nSPS) is 15.2. The van der Waals surface area contributed by atoms with Crippen molar-refractivity contribution in [2.75, 3.05) is 11.9 Å². The van der Waals surface area contributed by atoms with Crippen molar-refractivity contribution in [2.45, 2.75) is 47.0 Å². The highest BCUT2D eigenvalue weighted by Gasteiger charge is 2.40. The van der Waals surface area contributed by atoms with Crippen molar-refractivity contribution in [2.24, 2.45) is 0 Å². The first-order valence-corrected chi connectivity index (χ1v) is 11.9. The predicted octanol–water partition coefficient (Wildman–Crippen LogP) is 5.27. The molecule has 0 spiro atoms. The summed E-state index contributed by atoms with van der Waals surface area (Å²) in [6.07, 6.45) is 0. The summed E-state index contributed by atoms with van der Waals surface area (Å²) >= 11 is 0. The van der Waals surface area contributed by atoms with E-state index in [2.05, 4.69) is 0 Å². The van der Waals surface area contributed by atoms with E-state index < -0.39 is 5.41 Å². The fourth-order valence-electron chi connectivity index (χ4n) is 5.36. The summed E-state index contributed by atoms with van der Waals surface area (Å²) in [4.78, 5) is 54.3. The second-order valence-electron chi connectivity index (χ2n) is 10.4. The van der Waals surface area contributed by atoms with Crippen molar-refractivity contribution >= 4 is 29.3 Å². The van der Waals surface area contributed by atoms with Crippen LogP contribution in [-0.4, -0.2) is 35.6 Å². The number of carbonyl (C=O) groups is 4. The molecule has 0 fully saturated rings. The smallest absolute Gasteiger partial charge is 0.266 e. The lowest BCUT2D eigenvalue weighted by molar-refractivity contribution is 0.0692. The lowest BCUT2D eigenvalue weighted by atomic mass is 9.76. The molecule has 0 aromatic heterocycles. The number of amides is 4. The molecular weight excluding hydrogens is 452 g/mol. The van der Waals surface area contributed by atoms with Gasteiger partial charge in [0.25, 0.3) is 23.6 Å². The maximum atomic E-state index is 13.6. The molecule has 0 unspecified atom stereocenters. The zero-order valence-corrected chi connectivity index (χ0v) is 21.6. The Morgan fingerprint density at radius 1 is 0.583 bits per heavy atom. The van der Waals surface area contributed by atoms with Gasteiger partial charge in [-0.3, -0.25) is 24.1 Å². The van der Waals surface area contributed by atoms with E-state index in [0.29, 0.717) is 27.9 Å². The van der Waals surface area contributed by atoms with E-state index in [0.717, 1.165) is 38.3 Å². The molecule has 3 aromatic carbocycles. The summed E-state index contributed by atoms with van der Waals surface area (Å²) in [5.41, 5.74) is 7.25. The predicted molar refractivity (Wildman–Crippen MR) is 138 cm³/mol. The topological polar surface area (TPSA) is 74.8 Å². The number of aryl methyl sites for hydroxylation is 2. The Labute approximate surface area is 210 Å². The van der Waals surface area contributed by atoms with E-state index in [9.17, 15) is 19.2 Å². The van der Waals surface area contributed by atoms with E-state index in [1.807, 2.05) is 59.7 Å². The van der Waals surface area contributed by atoms with Gasteiger partial charge in [-0.1, -0.05) is 32.0 Å². The molecule has 0 bridgehead atoms. The van der Waals surface area contributed by atoms with Crippen LogP contribution in [0.2, 0.25) is 0 Å². The lowest BCUT2D eigenvalue weighted by Crippen LogP contribution is -2.31. The van der Waals surface area contributed by atoms with Gasteiger partial charge in [0.15, 0.2) is 0 Å². The molecule has 5 rings (SSSR count). The fourth-order valence-corrected chi connectivity index (χ4v) is 5.36. The third-order valence-electron chi connectivity index (χ3n) is 7.96. The molecule has 0 saturated carbocycles. The Morgan fingerprint density at radius 2 is 1.06 bits per heavy atom. The summed E-state index contributed by atoms with van der Waals surface area (Å²) in [7, 11) is 1.48. The minimum absolute atomic E-state index is 0.307. The van der Waals surface area contributed by atoms with Crippen LogP contribution >= 0.6 is 0 Å². The van der Waals surface area contributed by atoms with Gasteiger partial charge in [0.05, 0.1) is 27.9 Å². The monoisotopic (exact) mass is 480 g/mol. The molecule has 2 aliphatic heterocycles. The number of nitrogens with zero attached hydrogens (tertiary/aromatic N) is 2. The number of anilines is 1. The van der Waals surface area contributed by atoms with E-state index in [1.165, 1.54) is 11.9 Å². The van der Waals surface area contributed by atoms with E-state index in [1.54, 1.807) is 24.3 Å². The van der Waals surface area contributed by atoms with Gasteiger partial charge >= 0.3 is 0 Å². The molecule has 0 N–H and O–H groups in total. The maximum absolute atomic E-state index is 13.6. The van der Waals surface area contributed by atoms with Crippen molar-refractivity contribution in [1.29, 1.82) is 0 Å². The quantitative estimate of drug-likeness (QED) is 0.479. The SMILES string of the molecule is Cc1cc(C)c(N2C(=O)c3ccc(C(C)(C)c4ccc5c(c4)C(=O)N(C)C5=O)cc3C2=O)c(C)c1C. The first-order chi connectivity index (χ1) is 16.9. The highest BCUT2D eigenvalue weighted by molar-refractivity contribution is 6.35. The Hall–Kier alpha value is -4.06. The third kappa shape index (κ3) is 3.10. The van der Waals surface area contributed by atoms with Crippen LogP contribution in [0.15, 0.2) is 42.5 Å². The second kappa shape index (κ2) is 7.72. The minimum Gasteiger partial charge on any atom is -0.277 e. The average Bonchev–Trinajstić information content (AvgIpc) is 3.22. The Kier molecular flexibility index (Phi) is 5.08. The summed E-state index contributed by atoms with van der Waals surface area (Å²) in [6.45, 7) is 11.9. The van der Waals surface area contributed by atoms with Crippen LogP contribution in [0.4, 0.5) is 5.69 Å². The number of rotatable bonds is 3. The van der Waals surface area contributed by atoms with E-state index >= 15 is 0 Å². The van der Waals surface area contributed by atoms with Crippen LogP contribution in [-0.2, 0) is 5.41 Å². The minimum atomic E-state index is -0.586. The summed E-state index contributed by atoms with van der Waals surface area (Å²) in [5.74, 6) is -1.29. The Bertz CT molecular complexity index is 1550. The number of imide groups is 2. The van der Waals surface area contributed by atoms with E-state index in [-0.39, 0.29) is 23.6 Å². The molecule has 2 aliphatic rings. The van der Waals surface area contributed by atoms with Gasteiger partial charge in [-0.2, -0.15) is 0 Å². The number of benzene rings is 3. The van der Waals surface area contributed by atoms with Crippen LogP contribution < -0.4 is 4.90 Å². The Balaban J connectivity index is 1.57. The summed E-state index contributed by atoms with van der Waals surface area (Å²) in [6, 6.07) is 12.7. The molecule has 3 aromatic rings. The van der Waals surface area contributed by atoms with Crippen molar-refractivity contribution in [1.82, 2.24) is 4.90 Å². The zero-order chi connectivity index (χ0) is 26.3. The van der Waals surface area contributed by atoms with Gasteiger partial charge < -0.3 is 0 Å². The molecular formula is C30H28N2O4. The van der Waals surface area contributed by atoms with E-state index in [4.69, 9.17) is 0 Å². The first-order valence-electron chi connectivity index (χ1n) is 11.9. The van der Waals surface area contributed by atoms with Crippen LogP contribution in [0.25, 0.3) is 0 Å². The standard InChI is InChI=1S/C30H28N2O4/c1-15-12-16(2)25(18(4)17(15)3)32-28(35)22-11-9-20(14-24(22)29(32)36)30(5,6)19-8-10-21-23(13-19)27(34)31(7)26(21)33/h8-14H,1-7H3. The molecule has 182 valence electrons. The highest BCUT2D eigenvalue weighted by Crippen LogP contribution is 2.39. The van der Waals surface area contributed by atoms with Gasteiger partial charge in [-0.25, -0.2) is 4.90 Å². The van der Waals surface area contributed by atoms with Crippen molar-refractivity contribution < 1.29 is 19.2 Å². The van der Waals surface area contributed by atoms with Crippen LogP contribution in [0, 0.1) is 27.7 Å². The third-order valence-corrected chi connectivity index (χ3v) is 7.96. The Morgan fingerprint density at radius 3 is 1.64 bits per heavy atom. The molecule has 2 heterocycles. The van der Waals surface area contributed by atoms with Crippen LogP contribution in [0.1, 0.15) is 88.7 Å². The van der Waals surface area contributed by atoms with Gasteiger partial charge in [0, 0.05) is 12.5 Å². The number of hydrogen-bond donors (Lipinski definition) is 0. The lowest BCUT2D eigenvalue weighted by Gasteiger charge is -2.27. The molecule has 6 heteroatoms. The van der Waals surface area contributed by atoms with Crippen molar-refractivity contribution in [3.8, 4) is 0 Å². The molecule has 0 radical (unpaired) electrons.